The number of carbonyl (C=O) groups excluding carboxylic acids is 1. The van der Waals surface area contributed by atoms with Crippen molar-refractivity contribution >= 4 is 17.7 Å². The molecule has 1 atom stereocenters. The van der Waals surface area contributed by atoms with E-state index in [1.165, 1.54) is 0 Å². The van der Waals surface area contributed by atoms with E-state index in [-0.39, 0.29) is 11.8 Å². The highest BCUT2D eigenvalue weighted by Crippen LogP contribution is 2.34. The van der Waals surface area contributed by atoms with Gasteiger partial charge in [0.25, 0.3) is 0 Å². The summed E-state index contributed by atoms with van der Waals surface area (Å²) in [6.45, 7) is 3.71. The lowest BCUT2D eigenvalue weighted by molar-refractivity contribution is -0.127. The highest BCUT2D eigenvalue weighted by atomic mass is 16.5. The molecule has 1 aromatic carbocycles. The van der Waals surface area contributed by atoms with Crippen LogP contribution in [-0.2, 0) is 11.3 Å². The molecule has 1 N–H and O–H groups in total. The van der Waals surface area contributed by atoms with Crippen LogP contribution in [0.25, 0.3) is 11.1 Å². The van der Waals surface area contributed by atoms with Crippen molar-refractivity contribution in [2.24, 2.45) is 0 Å². The number of anilines is 2. The summed E-state index contributed by atoms with van der Waals surface area (Å²) in [6.07, 6.45) is 4.58. The fourth-order valence-corrected chi connectivity index (χ4v) is 4.03. The molecule has 172 valence electrons. The second-order valence-electron chi connectivity index (χ2n) is 8.45. The van der Waals surface area contributed by atoms with Gasteiger partial charge in [-0.2, -0.15) is 0 Å². The van der Waals surface area contributed by atoms with Crippen LogP contribution in [-0.4, -0.2) is 60.1 Å². The van der Waals surface area contributed by atoms with E-state index in [0.29, 0.717) is 19.0 Å². The summed E-state index contributed by atoms with van der Waals surface area (Å²) in [5.74, 6) is 2.57. The monoisotopic (exact) mass is 446 g/mol. The van der Waals surface area contributed by atoms with Gasteiger partial charge in [-0.3, -0.25) is 4.79 Å². The molecule has 0 bridgehead atoms. The van der Waals surface area contributed by atoms with Crippen LogP contribution in [0.3, 0.4) is 0 Å². The molecule has 0 aliphatic carbocycles. The molecule has 33 heavy (non-hydrogen) atoms. The molecule has 1 fully saturated rings. The highest BCUT2D eigenvalue weighted by molar-refractivity contribution is 5.74. The van der Waals surface area contributed by atoms with E-state index in [0.717, 1.165) is 46.9 Å². The van der Waals surface area contributed by atoms with E-state index in [9.17, 15) is 4.79 Å². The largest absolute Gasteiger partial charge is 0.497 e. The third kappa shape index (κ3) is 5.22. The molecule has 4 rings (SSSR count). The van der Waals surface area contributed by atoms with Crippen LogP contribution < -0.4 is 15.0 Å². The number of benzene rings is 1. The summed E-state index contributed by atoms with van der Waals surface area (Å²) >= 11 is 0. The minimum Gasteiger partial charge on any atom is -0.497 e. The fourth-order valence-electron chi connectivity index (χ4n) is 4.03. The maximum atomic E-state index is 11.9. The Morgan fingerprint density at radius 1 is 1.21 bits per heavy atom. The van der Waals surface area contributed by atoms with Crippen molar-refractivity contribution in [1.29, 1.82) is 0 Å². The van der Waals surface area contributed by atoms with Crippen LogP contribution in [0.15, 0.2) is 48.8 Å². The van der Waals surface area contributed by atoms with Gasteiger partial charge >= 0.3 is 0 Å². The predicted octanol–water partition coefficient (Wildman–Crippen LogP) is 3.56. The lowest BCUT2D eigenvalue weighted by Gasteiger charge is -2.19. The first kappa shape index (κ1) is 22.5. The molecule has 0 saturated carbocycles. The number of ether oxygens (including phenoxy) is 1. The number of hydrogen-bond acceptors (Lipinski definition) is 7. The van der Waals surface area contributed by atoms with E-state index in [1.54, 1.807) is 20.2 Å². The average molecular weight is 447 g/mol. The van der Waals surface area contributed by atoms with Gasteiger partial charge in [0, 0.05) is 64.5 Å². The van der Waals surface area contributed by atoms with E-state index >= 15 is 0 Å². The normalized spacial score (nSPS) is 15.4. The molecule has 1 saturated heterocycles. The van der Waals surface area contributed by atoms with Gasteiger partial charge in [-0.25, -0.2) is 15.0 Å². The molecule has 1 unspecified atom stereocenters. The Kier molecular flexibility index (Phi) is 6.72. The molecular weight excluding hydrogens is 416 g/mol. The molecule has 8 heteroatoms. The number of amides is 1. The Balaban J connectivity index is 1.59. The fraction of sp³-hybridized carbons (Fsp3) is 0.360. The van der Waals surface area contributed by atoms with Crippen LogP contribution in [0.5, 0.6) is 5.75 Å². The zero-order valence-electron chi connectivity index (χ0n) is 19.6. The first-order chi connectivity index (χ1) is 15.9. The Labute approximate surface area is 194 Å². The molecule has 1 aliphatic heterocycles. The zero-order chi connectivity index (χ0) is 23.4. The molecule has 8 nitrogen and oxygen atoms in total. The molecule has 1 aliphatic rings. The SMILES string of the molecule is COc1ccc(CNc2cc(-c3cnc(N(C)C)nc3C3CCN(C(C)=O)C3)ccn2)cc1. The maximum absolute atomic E-state index is 11.9. The number of methoxy groups -OCH3 is 1. The van der Waals surface area contributed by atoms with Crippen molar-refractivity contribution in [2.45, 2.75) is 25.8 Å². The summed E-state index contributed by atoms with van der Waals surface area (Å²) in [7, 11) is 5.53. The van der Waals surface area contributed by atoms with Crippen molar-refractivity contribution in [3.05, 3.63) is 60.0 Å². The van der Waals surface area contributed by atoms with E-state index < -0.39 is 0 Å². The molecule has 3 heterocycles. The number of pyridine rings is 1. The standard InChI is InChI=1S/C25H30N6O2/c1-17(32)31-12-10-20(16-31)24-22(15-28-25(29-24)30(2)3)19-9-11-26-23(13-19)27-14-18-5-7-21(33-4)8-6-18/h5-9,11,13,15,20H,10,12,14,16H2,1-4H3,(H,26,27). The topological polar surface area (TPSA) is 83.5 Å². The smallest absolute Gasteiger partial charge is 0.225 e. The van der Waals surface area contributed by atoms with E-state index in [2.05, 4.69) is 15.3 Å². The molecular formula is C25H30N6O2. The number of aromatic nitrogens is 3. The highest BCUT2D eigenvalue weighted by Gasteiger charge is 2.29. The van der Waals surface area contributed by atoms with Gasteiger partial charge in [-0.05, 0) is 41.8 Å². The van der Waals surface area contributed by atoms with Gasteiger partial charge in [-0.1, -0.05) is 12.1 Å². The van der Waals surface area contributed by atoms with Crippen LogP contribution >= 0.6 is 0 Å². The van der Waals surface area contributed by atoms with Crippen LogP contribution in [0.1, 0.15) is 30.5 Å². The van der Waals surface area contributed by atoms with Gasteiger partial charge in [0.2, 0.25) is 11.9 Å². The molecule has 3 aromatic rings. The first-order valence-electron chi connectivity index (χ1n) is 11.1. The number of nitrogens with zero attached hydrogens (tertiary/aromatic N) is 5. The minimum absolute atomic E-state index is 0.106. The lowest BCUT2D eigenvalue weighted by atomic mass is 9.96. The van der Waals surface area contributed by atoms with Crippen LogP contribution in [0.2, 0.25) is 0 Å². The van der Waals surface area contributed by atoms with Gasteiger partial charge < -0.3 is 19.9 Å². The van der Waals surface area contributed by atoms with Crippen molar-refractivity contribution in [2.75, 3.05) is 44.5 Å². The Bertz CT molecular complexity index is 1120. The molecule has 0 radical (unpaired) electrons. The Hall–Kier alpha value is -3.68. The lowest BCUT2D eigenvalue weighted by Crippen LogP contribution is -2.25. The summed E-state index contributed by atoms with van der Waals surface area (Å²) in [5.41, 5.74) is 4.09. The second kappa shape index (κ2) is 9.85. The number of carbonyl (C=O) groups is 1. The quantitative estimate of drug-likeness (QED) is 0.594. The van der Waals surface area contributed by atoms with Gasteiger partial charge in [0.15, 0.2) is 0 Å². The molecule has 1 amide bonds. The number of hydrogen-bond donors (Lipinski definition) is 1. The summed E-state index contributed by atoms with van der Waals surface area (Å²) in [6, 6.07) is 12.0. The van der Waals surface area contributed by atoms with Crippen molar-refractivity contribution < 1.29 is 9.53 Å². The minimum atomic E-state index is 0.106. The van der Waals surface area contributed by atoms with Crippen molar-refractivity contribution in [3.8, 4) is 16.9 Å². The predicted molar refractivity (Wildman–Crippen MR) is 130 cm³/mol. The Morgan fingerprint density at radius 2 is 2.00 bits per heavy atom. The second-order valence-corrected chi connectivity index (χ2v) is 8.45. The van der Waals surface area contributed by atoms with Crippen molar-refractivity contribution in [1.82, 2.24) is 19.9 Å². The van der Waals surface area contributed by atoms with Crippen molar-refractivity contribution in [3.63, 3.8) is 0 Å². The first-order valence-corrected chi connectivity index (χ1v) is 11.1. The number of likely N-dealkylation sites (tertiary alicyclic amines) is 1. The van der Waals surface area contributed by atoms with Gasteiger partial charge in [0.05, 0.1) is 12.8 Å². The number of nitrogens with one attached hydrogen (secondary N) is 1. The Morgan fingerprint density at radius 3 is 2.67 bits per heavy atom. The van der Waals surface area contributed by atoms with Crippen LogP contribution in [0, 0.1) is 0 Å². The zero-order valence-corrected chi connectivity index (χ0v) is 19.6. The maximum Gasteiger partial charge on any atom is 0.225 e. The summed E-state index contributed by atoms with van der Waals surface area (Å²) in [5, 5.41) is 3.40. The third-order valence-electron chi connectivity index (χ3n) is 5.93. The summed E-state index contributed by atoms with van der Waals surface area (Å²) in [4.78, 5) is 29.6. The van der Waals surface area contributed by atoms with Crippen LogP contribution in [0.4, 0.5) is 11.8 Å². The van der Waals surface area contributed by atoms with Gasteiger partial charge in [0.1, 0.15) is 11.6 Å². The average Bonchev–Trinajstić information content (AvgIpc) is 3.33. The van der Waals surface area contributed by atoms with E-state index in [1.807, 2.05) is 66.5 Å². The summed E-state index contributed by atoms with van der Waals surface area (Å²) < 4.78 is 5.22. The third-order valence-corrected chi connectivity index (χ3v) is 5.93. The van der Waals surface area contributed by atoms with E-state index in [4.69, 9.17) is 9.72 Å². The molecule has 2 aromatic heterocycles. The van der Waals surface area contributed by atoms with Gasteiger partial charge in [-0.15, -0.1) is 0 Å². The number of rotatable bonds is 7. The molecule has 0 spiro atoms.